The van der Waals surface area contributed by atoms with Gasteiger partial charge >= 0.3 is 0 Å². The third-order valence-electron chi connectivity index (χ3n) is 5.74. The minimum absolute atomic E-state index is 0.0914. The number of hydrogen-bond acceptors (Lipinski definition) is 4. The first kappa shape index (κ1) is 19.6. The minimum atomic E-state index is -1.91. The molecule has 2 N–H and O–H groups in total. The number of fused-ring (bicyclic) bond motifs is 3. The van der Waals surface area contributed by atoms with E-state index in [1.165, 1.54) is 0 Å². The number of hydrogen-bond donors (Lipinski definition) is 1. The highest BCUT2D eigenvalue weighted by Gasteiger charge is 2.48. The third-order valence-corrected chi connectivity index (χ3v) is 5.74. The highest BCUT2D eigenvalue weighted by atomic mass is 16.2. The Kier molecular flexibility index (Phi) is 4.96. The normalized spacial score (nSPS) is 13.7. The maximum absolute atomic E-state index is 13.6. The number of para-hydroxylation sites is 1. The Morgan fingerprint density at radius 3 is 2.53 bits per heavy atom. The Balaban J connectivity index is 1.93. The molecular weight excluding hydrogens is 376 g/mol. The molecule has 6 nitrogen and oxygen atoms in total. The van der Waals surface area contributed by atoms with E-state index >= 15 is 0 Å². The summed E-state index contributed by atoms with van der Waals surface area (Å²) in [7, 11) is 0. The Morgan fingerprint density at radius 1 is 1.17 bits per heavy atom. The lowest BCUT2D eigenvalue weighted by atomic mass is 9.77. The second kappa shape index (κ2) is 7.60. The van der Waals surface area contributed by atoms with Crippen molar-refractivity contribution in [2.45, 2.75) is 32.6 Å². The van der Waals surface area contributed by atoms with Gasteiger partial charge in [0.15, 0.2) is 5.41 Å². The molecule has 1 heterocycles. The average Bonchev–Trinajstić information content (AvgIpc) is 3.32. The highest BCUT2D eigenvalue weighted by molar-refractivity contribution is 6.16. The fourth-order valence-electron chi connectivity index (χ4n) is 4.08. The van der Waals surface area contributed by atoms with Crippen molar-refractivity contribution in [3.8, 4) is 23.0 Å². The standard InChI is InChI=1S/C24H22N4O2/c1-2-3-13-24(15-25,23(26)30)22(29)20-19-14-16-9-7-8-12-18(16)21(19)28(27-20)17-10-5-4-6-11-17/h4-12H,2-3,13-14H2,1H3,(H2,26,30). The van der Waals surface area contributed by atoms with E-state index in [0.29, 0.717) is 12.8 Å². The average molecular weight is 398 g/mol. The van der Waals surface area contributed by atoms with Gasteiger partial charge in [0.25, 0.3) is 0 Å². The number of benzene rings is 2. The van der Waals surface area contributed by atoms with E-state index in [2.05, 4.69) is 5.10 Å². The van der Waals surface area contributed by atoms with Gasteiger partial charge in [0.2, 0.25) is 11.7 Å². The van der Waals surface area contributed by atoms with E-state index in [9.17, 15) is 14.9 Å². The summed E-state index contributed by atoms with van der Waals surface area (Å²) in [6, 6.07) is 19.4. The quantitative estimate of drug-likeness (QED) is 0.378. The van der Waals surface area contributed by atoms with E-state index < -0.39 is 17.1 Å². The van der Waals surface area contributed by atoms with Gasteiger partial charge in [0, 0.05) is 17.5 Å². The van der Waals surface area contributed by atoms with Crippen LogP contribution in [-0.4, -0.2) is 21.5 Å². The van der Waals surface area contributed by atoms with Crippen LogP contribution in [0.1, 0.15) is 47.8 Å². The second-order valence-electron chi connectivity index (χ2n) is 7.57. The Bertz CT molecular complexity index is 1170. The molecule has 30 heavy (non-hydrogen) atoms. The molecule has 4 rings (SSSR count). The van der Waals surface area contributed by atoms with Gasteiger partial charge in [-0.15, -0.1) is 0 Å². The molecule has 1 unspecified atom stereocenters. The van der Waals surface area contributed by atoms with Gasteiger partial charge in [0.05, 0.1) is 17.5 Å². The van der Waals surface area contributed by atoms with Gasteiger partial charge < -0.3 is 5.73 Å². The molecular formula is C24H22N4O2. The zero-order valence-corrected chi connectivity index (χ0v) is 16.8. The minimum Gasteiger partial charge on any atom is -0.368 e. The lowest BCUT2D eigenvalue weighted by molar-refractivity contribution is -0.123. The summed E-state index contributed by atoms with van der Waals surface area (Å²) in [4.78, 5) is 25.9. The van der Waals surface area contributed by atoms with Crippen molar-refractivity contribution < 1.29 is 9.59 Å². The first-order valence-electron chi connectivity index (χ1n) is 10.0. The van der Waals surface area contributed by atoms with Crippen LogP contribution < -0.4 is 5.73 Å². The van der Waals surface area contributed by atoms with Crippen molar-refractivity contribution >= 4 is 11.7 Å². The molecule has 150 valence electrons. The number of primary amides is 1. The molecule has 0 aliphatic heterocycles. The molecule has 1 aromatic heterocycles. The monoisotopic (exact) mass is 398 g/mol. The van der Waals surface area contributed by atoms with E-state index in [4.69, 9.17) is 5.73 Å². The topological polar surface area (TPSA) is 102 Å². The number of carbonyl (C=O) groups is 2. The van der Waals surface area contributed by atoms with Crippen LogP contribution in [0.4, 0.5) is 0 Å². The predicted octanol–water partition coefficient (Wildman–Crippen LogP) is 3.81. The molecule has 2 aromatic carbocycles. The van der Waals surface area contributed by atoms with Crippen molar-refractivity contribution in [1.29, 1.82) is 5.26 Å². The molecule has 0 saturated carbocycles. The van der Waals surface area contributed by atoms with Crippen molar-refractivity contribution in [1.82, 2.24) is 9.78 Å². The fraction of sp³-hybridized carbons (Fsp3) is 0.250. The van der Waals surface area contributed by atoms with Crippen LogP contribution in [-0.2, 0) is 11.2 Å². The molecule has 0 bridgehead atoms. The number of ketones is 1. The molecule has 6 heteroatoms. The molecule has 0 spiro atoms. The number of carbonyl (C=O) groups excluding carboxylic acids is 2. The number of unbranched alkanes of at least 4 members (excludes halogenated alkanes) is 1. The van der Waals surface area contributed by atoms with E-state index in [-0.39, 0.29) is 12.1 Å². The Morgan fingerprint density at radius 2 is 1.87 bits per heavy atom. The van der Waals surface area contributed by atoms with Crippen molar-refractivity contribution in [3.63, 3.8) is 0 Å². The third kappa shape index (κ3) is 2.91. The molecule has 1 atom stereocenters. The maximum atomic E-state index is 13.6. The molecule has 1 amide bonds. The van der Waals surface area contributed by atoms with Crippen LogP contribution in [0.15, 0.2) is 54.6 Å². The van der Waals surface area contributed by atoms with Gasteiger partial charge in [-0.25, -0.2) is 4.68 Å². The van der Waals surface area contributed by atoms with Crippen LogP contribution in [0.25, 0.3) is 16.9 Å². The molecule has 1 aliphatic carbocycles. The number of nitrogens with two attached hydrogens (primary N) is 1. The highest BCUT2D eigenvalue weighted by Crippen LogP contribution is 2.41. The summed E-state index contributed by atoms with van der Waals surface area (Å²) >= 11 is 0. The largest absolute Gasteiger partial charge is 0.368 e. The van der Waals surface area contributed by atoms with Crippen molar-refractivity contribution in [2.24, 2.45) is 11.1 Å². The summed E-state index contributed by atoms with van der Waals surface area (Å²) in [6.07, 6.45) is 1.90. The number of amides is 1. The molecule has 0 saturated heterocycles. The van der Waals surface area contributed by atoms with Crippen LogP contribution in [0.2, 0.25) is 0 Å². The molecule has 0 radical (unpaired) electrons. The summed E-state index contributed by atoms with van der Waals surface area (Å²) in [5, 5.41) is 14.5. The van der Waals surface area contributed by atoms with Gasteiger partial charge in [-0.05, 0) is 24.1 Å². The molecule has 3 aromatic rings. The lowest BCUT2D eigenvalue weighted by Gasteiger charge is -2.20. The summed E-state index contributed by atoms with van der Waals surface area (Å²) in [5.74, 6) is -1.52. The predicted molar refractivity (Wildman–Crippen MR) is 113 cm³/mol. The summed E-state index contributed by atoms with van der Waals surface area (Å²) in [6.45, 7) is 1.94. The fourth-order valence-corrected chi connectivity index (χ4v) is 4.08. The number of nitrogens with zero attached hydrogens (tertiary/aromatic N) is 3. The van der Waals surface area contributed by atoms with Crippen molar-refractivity contribution in [3.05, 3.63) is 71.4 Å². The summed E-state index contributed by atoms with van der Waals surface area (Å²) < 4.78 is 1.73. The molecule has 0 fully saturated rings. The van der Waals surface area contributed by atoms with Crippen LogP contribution >= 0.6 is 0 Å². The Labute approximate surface area is 174 Å². The summed E-state index contributed by atoms with van der Waals surface area (Å²) in [5.41, 5.74) is 8.29. The SMILES string of the molecule is CCCCC(C#N)(C(N)=O)C(=O)c1nn(-c2ccccc2)c2c1Cc1ccccc1-2. The Hall–Kier alpha value is -3.72. The van der Waals surface area contributed by atoms with Gasteiger partial charge in [-0.2, -0.15) is 10.4 Å². The zero-order valence-electron chi connectivity index (χ0n) is 16.8. The molecule has 1 aliphatic rings. The second-order valence-corrected chi connectivity index (χ2v) is 7.57. The first-order valence-corrected chi connectivity index (χ1v) is 10.0. The number of Topliss-reactive ketones (excluding diaryl/α,β-unsaturated/α-hetero) is 1. The van der Waals surface area contributed by atoms with E-state index in [1.807, 2.05) is 67.6 Å². The maximum Gasteiger partial charge on any atom is 0.246 e. The lowest BCUT2D eigenvalue weighted by Crippen LogP contribution is -2.43. The van der Waals surface area contributed by atoms with Gasteiger partial charge in [0.1, 0.15) is 5.69 Å². The van der Waals surface area contributed by atoms with Crippen LogP contribution in [0, 0.1) is 16.7 Å². The van der Waals surface area contributed by atoms with Gasteiger partial charge in [-0.3, -0.25) is 9.59 Å². The number of rotatable bonds is 7. The van der Waals surface area contributed by atoms with Gasteiger partial charge in [-0.1, -0.05) is 62.2 Å². The smallest absolute Gasteiger partial charge is 0.246 e. The zero-order chi connectivity index (χ0) is 21.3. The van der Waals surface area contributed by atoms with Crippen LogP contribution in [0.5, 0.6) is 0 Å². The number of nitriles is 1. The van der Waals surface area contributed by atoms with E-state index in [1.54, 1.807) is 4.68 Å². The number of aromatic nitrogens is 2. The van der Waals surface area contributed by atoms with Crippen LogP contribution in [0.3, 0.4) is 0 Å². The van der Waals surface area contributed by atoms with Crippen molar-refractivity contribution in [2.75, 3.05) is 0 Å². The first-order chi connectivity index (χ1) is 14.5. The van der Waals surface area contributed by atoms with E-state index in [0.717, 1.165) is 34.5 Å².